The van der Waals surface area contributed by atoms with Gasteiger partial charge in [0.2, 0.25) is 0 Å². The van der Waals surface area contributed by atoms with E-state index in [1.165, 1.54) is 0 Å². The number of nitrogens with one attached hydrogen (secondary N) is 1. The van der Waals surface area contributed by atoms with Crippen LogP contribution in [0.3, 0.4) is 0 Å². The number of nitrogens with zero attached hydrogens (tertiary/aromatic N) is 3. The summed E-state index contributed by atoms with van der Waals surface area (Å²) in [6.07, 6.45) is 2.44. The largest absolute Gasteiger partial charge is 0.480 e. The van der Waals surface area contributed by atoms with Crippen LogP contribution < -0.4 is 5.32 Å². The fraction of sp³-hybridized carbons (Fsp3) is 0.375. The number of pyridine rings is 1. The molecule has 116 valence electrons. The fourth-order valence-electron chi connectivity index (χ4n) is 2.09. The molecule has 6 heteroatoms. The Kier molecular flexibility index (Phi) is 5.04. The Balaban J connectivity index is 2.32. The van der Waals surface area contributed by atoms with E-state index in [1.807, 2.05) is 39.0 Å². The van der Waals surface area contributed by atoms with E-state index in [1.54, 1.807) is 12.3 Å². The molecule has 0 aliphatic rings. The first-order valence-electron chi connectivity index (χ1n) is 7.27. The van der Waals surface area contributed by atoms with E-state index >= 15 is 0 Å². The van der Waals surface area contributed by atoms with Crippen LogP contribution in [0.1, 0.15) is 26.0 Å². The first kappa shape index (κ1) is 15.9. The maximum Gasteiger partial charge on any atom is 0.326 e. The van der Waals surface area contributed by atoms with E-state index < -0.39 is 12.0 Å². The summed E-state index contributed by atoms with van der Waals surface area (Å²) < 4.78 is 0. The lowest BCUT2D eigenvalue weighted by molar-refractivity contribution is -0.139. The predicted molar refractivity (Wildman–Crippen MR) is 84.5 cm³/mol. The molecule has 2 heterocycles. The smallest absolute Gasteiger partial charge is 0.326 e. The summed E-state index contributed by atoms with van der Waals surface area (Å²) in [4.78, 5) is 24.4. The minimum Gasteiger partial charge on any atom is -0.480 e. The van der Waals surface area contributed by atoms with Gasteiger partial charge in [-0.1, -0.05) is 26.3 Å². The summed E-state index contributed by atoms with van der Waals surface area (Å²) >= 11 is 0. The molecule has 0 aliphatic heterocycles. The molecule has 0 amide bonds. The van der Waals surface area contributed by atoms with E-state index in [-0.39, 0.29) is 5.92 Å². The number of hydrogen-bond donors (Lipinski definition) is 2. The van der Waals surface area contributed by atoms with Gasteiger partial charge in [0, 0.05) is 18.0 Å². The van der Waals surface area contributed by atoms with Gasteiger partial charge >= 0.3 is 5.97 Å². The molecule has 0 saturated carbocycles. The molecular formula is C16H20N4O2. The molecule has 0 spiro atoms. The molecule has 2 aromatic heterocycles. The van der Waals surface area contributed by atoms with Gasteiger partial charge in [-0.3, -0.25) is 4.98 Å². The normalized spacial score (nSPS) is 13.4. The van der Waals surface area contributed by atoms with Crippen molar-refractivity contribution < 1.29 is 9.90 Å². The second-order valence-corrected chi connectivity index (χ2v) is 5.28. The molecule has 0 bridgehead atoms. The molecule has 0 radical (unpaired) electrons. The molecule has 2 aromatic rings. The molecule has 22 heavy (non-hydrogen) atoms. The monoisotopic (exact) mass is 300 g/mol. The number of aromatic nitrogens is 3. The zero-order chi connectivity index (χ0) is 16.1. The summed E-state index contributed by atoms with van der Waals surface area (Å²) in [6.45, 7) is 5.71. The Morgan fingerprint density at radius 3 is 2.73 bits per heavy atom. The molecular weight excluding hydrogens is 280 g/mol. The van der Waals surface area contributed by atoms with Crippen LogP contribution in [0.2, 0.25) is 0 Å². The van der Waals surface area contributed by atoms with Crippen LogP contribution in [0.25, 0.3) is 11.5 Å². The molecule has 2 rings (SSSR count). The molecule has 0 aromatic carbocycles. The van der Waals surface area contributed by atoms with Crippen LogP contribution in [0, 0.1) is 12.8 Å². The second-order valence-electron chi connectivity index (χ2n) is 5.28. The quantitative estimate of drug-likeness (QED) is 0.853. The highest BCUT2D eigenvalue weighted by Crippen LogP contribution is 2.18. The van der Waals surface area contributed by atoms with Crippen LogP contribution in [-0.4, -0.2) is 32.1 Å². The van der Waals surface area contributed by atoms with Crippen molar-refractivity contribution in [3.63, 3.8) is 0 Å². The third kappa shape index (κ3) is 3.78. The summed E-state index contributed by atoms with van der Waals surface area (Å²) in [7, 11) is 0. The average molecular weight is 300 g/mol. The highest BCUT2D eigenvalue weighted by molar-refractivity contribution is 5.77. The van der Waals surface area contributed by atoms with Crippen LogP contribution in [0.4, 0.5) is 5.82 Å². The first-order chi connectivity index (χ1) is 10.5. The lowest BCUT2D eigenvalue weighted by Crippen LogP contribution is -2.35. The Bertz CT molecular complexity index is 646. The summed E-state index contributed by atoms with van der Waals surface area (Å²) in [5.41, 5.74) is 1.41. The van der Waals surface area contributed by atoms with Crippen LogP contribution in [0.5, 0.6) is 0 Å². The summed E-state index contributed by atoms with van der Waals surface area (Å²) in [5.74, 6) is 0.0910. The van der Waals surface area contributed by atoms with Crippen molar-refractivity contribution in [1.82, 2.24) is 15.0 Å². The van der Waals surface area contributed by atoms with E-state index in [9.17, 15) is 9.90 Å². The lowest BCUT2D eigenvalue weighted by Gasteiger charge is -2.21. The van der Waals surface area contributed by atoms with Gasteiger partial charge in [0.1, 0.15) is 17.6 Å². The first-order valence-corrected chi connectivity index (χ1v) is 7.27. The number of aryl methyl sites for hydroxylation is 1. The molecule has 0 aliphatic carbocycles. The van der Waals surface area contributed by atoms with Gasteiger partial charge in [-0.15, -0.1) is 0 Å². The zero-order valence-corrected chi connectivity index (χ0v) is 12.9. The summed E-state index contributed by atoms with van der Waals surface area (Å²) in [6, 6.07) is 6.56. The Morgan fingerprint density at radius 1 is 1.36 bits per heavy atom. The Labute approximate surface area is 129 Å². The number of anilines is 1. The van der Waals surface area contributed by atoms with Crippen molar-refractivity contribution in [3.05, 3.63) is 36.2 Å². The molecule has 2 N–H and O–H groups in total. The van der Waals surface area contributed by atoms with Gasteiger partial charge in [-0.05, 0) is 25.0 Å². The average Bonchev–Trinajstić information content (AvgIpc) is 2.52. The third-order valence-electron chi connectivity index (χ3n) is 3.53. The Hall–Kier alpha value is -2.50. The highest BCUT2D eigenvalue weighted by atomic mass is 16.4. The van der Waals surface area contributed by atoms with E-state index in [0.717, 1.165) is 12.1 Å². The van der Waals surface area contributed by atoms with Crippen LogP contribution >= 0.6 is 0 Å². The number of rotatable bonds is 6. The van der Waals surface area contributed by atoms with Gasteiger partial charge in [0.15, 0.2) is 5.82 Å². The van der Waals surface area contributed by atoms with Gasteiger partial charge in [-0.2, -0.15) is 0 Å². The van der Waals surface area contributed by atoms with Gasteiger partial charge in [0.25, 0.3) is 0 Å². The standard InChI is InChI=1S/C16H20N4O2/c1-4-10(2)14(16(21)22)19-13-9-11(3)18-15(20-13)12-7-5-6-8-17-12/h5-10,14H,4H2,1-3H3,(H,21,22)(H,18,19,20)/t10-,14-/m0/s1. The second kappa shape index (κ2) is 6.98. The van der Waals surface area contributed by atoms with Crippen LogP contribution in [0.15, 0.2) is 30.5 Å². The van der Waals surface area contributed by atoms with E-state index in [2.05, 4.69) is 20.3 Å². The van der Waals surface area contributed by atoms with Gasteiger partial charge < -0.3 is 10.4 Å². The zero-order valence-electron chi connectivity index (χ0n) is 12.9. The van der Waals surface area contributed by atoms with Crippen molar-refractivity contribution in [2.24, 2.45) is 5.92 Å². The van der Waals surface area contributed by atoms with Crippen molar-refractivity contribution in [2.45, 2.75) is 33.2 Å². The lowest BCUT2D eigenvalue weighted by atomic mass is 9.99. The van der Waals surface area contributed by atoms with Crippen molar-refractivity contribution in [1.29, 1.82) is 0 Å². The minimum atomic E-state index is -0.884. The summed E-state index contributed by atoms with van der Waals surface area (Å²) in [5, 5.41) is 12.4. The number of carboxylic acids is 1. The van der Waals surface area contributed by atoms with Crippen molar-refractivity contribution >= 4 is 11.8 Å². The maximum atomic E-state index is 11.4. The fourth-order valence-corrected chi connectivity index (χ4v) is 2.09. The van der Waals surface area contributed by atoms with Crippen LogP contribution in [-0.2, 0) is 4.79 Å². The predicted octanol–water partition coefficient (Wildman–Crippen LogP) is 2.76. The SMILES string of the molecule is CC[C@H](C)[C@H](Nc1cc(C)nc(-c2ccccn2)n1)C(=O)O. The molecule has 0 fully saturated rings. The van der Waals surface area contributed by atoms with Crippen molar-refractivity contribution in [2.75, 3.05) is 5.32 Å². The highest BCUT2D eigenvalue weighted by Gasteiger charge is 2.24. The number of carboxylic acid groups (broad SMARTS) is 1. The number of aliphatic carboxylic acids is 1. The molecule has 2 atom stereocenters. The molecule has 0 saturated heterocycles. The topological polar surface area (TPSA) is 88.0 Å². The maximum absolute atomic E-state index is 11.4. The third-order valence-corrected chi connectivity index (χ3v) is 3.53. The molecule has 6 nitrogen and oxygen atoms in total. The van der Waals surface area contributed by atoms with E-state index in [4.69, 9.17) is 0 Å². The number of hydrogen-bond acceptors (Lipinski definition) is 5. The van der Waals surface area contributed by atoms with Crippen molar-refractivity contribution in [3.8, 4) is 11.5 Å². The number of carbonyl (C=O) groups is 1. The van der Waals surface area contributed by atoms with Gasteiger partial charge in [-0.25, -0.2) is 14.8 Å². The Morgan fingerprint density at radius 2 is 2.14 bits per heavy atom. The molecule has 0 unspecified atom stereocenters. The van der Waals surface area contributed by atoms with Gasteiger partial charge in [0.05, 0.1) is 0 Å². The minimum absolute atomic E-state index is 0.00827. The van der Waals surface area contributed by atoms with E-state index in [0.29, 0.717) is 17.3 Å².